The molecule has 3 N–H and O–H groups in total. The van der Waals surface area contributed by atoms with Crippen molar-refractivity contribution < 1.29 is 4.79 Å². The molecule has 1 spiro atoms. The number of anilines is 4. The van der Waals surface area contributed by atoms with E-state index in [4.69, 9.17) is 0 Å². The van der Waals surface area contributed by atoms with E-state index < -0.39 is 5.54 Å². The third-order valence-corrected chi connectivity index (χ3v) is 4.98. The zero-order valence-corrected chi connectivity index (χ0v) is 14.5. The first-order valence-corrected chi connectivity index (χ1v) is 8.57. The van der Waals surface area contributed by atoms with Crippen LogP contribution in [0.5, 0.6) is 0 Å². The molecule has 1 fully saturated rings. The number of hydrogen-bond acceptors (Lipinski definition) is 6. The van der Waals surface area contributed by atoms with E-state index in [9.17, 15) is 4.79 Å². The minimum absolute atomic E-state index is 0.0481. The molecule has 4 rings (SSSR count). The van der Waals surface area contributed by atoms with Gasteiger partial charge in [0.2, 0.25) is 11.9 Å². The summed E-state index contributed by atoms with van der Waals surface area (Å²) >= 11 is 0. The molecule has 130 valence electrons. The lowest BCUT2D eigenvalue weighted by atomic mass is 9.84. The van der Waals surface area contributed by atoms with Gasteiger partial charge in [-0.25, -0.2) is 4.98 Å². The number of piperidine rings is 1. The highest BCUT2D eigenvalue weighted by Gasteiger charge is 2.44. The van der Waals surface area contributed by atoms with Crippen LogP contribution in [0.1, 0.15) is 18.5 Å². The zero-order valence-electron chi connectivity index (χ0n) is 14.5. The number of hydrogen-bond donors (Lipinski definition) is 3. The monoisotopic (exact) mass is 338 g/mol. The summed E-state index contributed by atoms with van der Waals surface area (Å²) in [6, 6.07) is 9.75. The fourth-order valence-electron chi connectivity index (χ4n) is 3.52. The molecule has 0 bridgehead atoms. The van der Waals surface area contributed by atoms with Crippen LogP contribution >= 0.6 is 0 Å². The molecule has 2 aromatic rings. The van der Waals surface area contributed by atoms with Crippen LogP contribution in [0.2, 0.25) is 0 Å². The standard InChI is InChI=1S/C18H22N6O/c1-12-11-15(19-2)22-17(20-12)24-9-7-18(8-10-24)16(25)21-13-5-3-4-6-14(13)23-18/h3-6,11,23H,7-10H2,1-2H3,(H,21,25)(H,19,20,22). The molecule has 0 unspecified atom stereocenters. The number of nitrogens with zero attached hydrogens (tertiary/aromatic N) is 3. The molecule has 25 heavy (non-hydrogen) atoms. The molecule has 2 aliphatic heterocycles. The Hall–Kier alpha value is -2.83. The summed E-state index contributed by atoms with van der Waals surface area (Å²) in [5, 5.41) is 9.59. The van der Waals surface area contributed by atoms with Crippen molar-refractivity contribution in [1.29, 1.82) is 0 Å². The predicted octanol–water partition coefficient (Wildman–Crippen LogP) is 2.23. The molecule has 7 nitrogen and oxygen atoms in total. The van der Waals surface area contributed by atoms with Gasteiger partial charge in [-0.05, 0) is 31.9 Å². The number of fused-ring (bicyclic) bond motifs is 1. The minimum atomic E-state index is -0.555. The van der Waals surface area contributed by atoms with Crippen molar-refractivity contribution >= 4 is 29.0 Å². The van der Waals surface area contributed by atoms with E-state index in [1.54, 1.807) is 0 Å². The van der Waals surface area contributed by atoms with E-state index in [-0.39, 0.29) is 5.91 Å². The molecule has 1 amide bonds. The number of aromatic nitrogens is 2. The number of nitrogens with one attached hydrogen (secondary N) is 3. The number of benzene rings is 1. The van der Waals surface area contributed by atoms with E-state index >= 15 is 0 Å². The van der Waals surface area contributed by atoms with Crippen LogP contribution in [-0.4, -0.2) is 41.6 Å². The maximum absolute atomic E-state index is 12.7. The molecule has 0 aliphatic carbocycles. The number of carbonyl (C=O) groups is 1. The molecule has 7 heteroatoms. The molecule has 1 aromatic heterocycles. The van der Waals surface area contributed by atoms with Crippen LogP contribution in [-0.2, 0) is 4.79 Å². The van der Waals surface area contributed by atoms with Gasteiger partial charge in [-0.3, -0.25) is 4.79 Å². The van der Waals surface area contributed by atoms with Gasteiger partial charge in [0.25, 0.3) is 0 Å². The van der Waals surface area contributed by atoms with Gasteiger partial charge in [0.15, 0.2) is 0 Å². The van der Waals surface area contributed by atoms with Crippen molar-refractivity contribution in [1.82, 2.24) is 9.97 Å². The Kier molecular flexibility index (Phi) is 3.71. The van der Waals surface area contributed by atoms with Crippen LogP contribution in [0.4, 0.5) is 23.1 Å². The number of aryl methyl sites for hydroxylation is 1. The highest BCUT2D eigenvalue weighted by molar-refractivity contribution is 6.06. The summed E-state index contributed by atoms with van der Waals surface area (Å²) in [6.45, 7) is 3.43. The Balaban J connectivity index is 1.54. The van der Waals surface area contributed by atoms with Gasteiger partial charge in [0.05, 0.1) is 11.4 Å². The Bertz CT molecular complexity index is 813. The van der Waals surface area contributed by atoms with E-state index in [0.29, 0.717) is 12.8 Å². The summed E-state index contributed by atoms with van der Waals surface area (Å²) < 4.78 is 0. The summed E-state index contributed by atoms with van der Waals surface area (Å²) in [5.74, 6) is 1.58. The van der Waals surface area contributed by atoms with E-state index in [1.165, 1.54) is 0 Å². The van der Waals surface area contributed by atoms with Gasteiger partial charge >= 0.3 is 0 Å². The summed E-state index contributed by atoms with van der Waals surface area (Å²) in [6.07, 6.45) is 1.42. The fourth-order valence-corrected chi connectivity index (χ4v) is 3.52. The number of para-hydroxylation sites is 2. The third-order valence-electron chi connectivity index (χ3n) is 4.98. The van der Waals surface area contributed by atoms with Gasteiger partial charge in [0, 0.05) is 31.9 Å². The van der Waals surface area contributed by atoms with E-state index in [2.05, 4.69) is 30.8 Å². The summed E-state index contributed by atoms with van der Waals surface area (Å²) in [7, 11) is 1.85. The Labute approximate surface area is 146 Å². The van der Waals surface area contributed by atoms with E-state index in [1.807, 2.05) is 44.3 Å². The number of rotatable bonds is 2. The number of amides is 1. The van der Waals surface area contributed by atoms with Gasteiger partial charge in [-0.2, -0.15) is 4.98 Å². The van der Waals surface area contributed by atoms with Crippen molar-refractivity contribution in [3.8, 4) is 0 Å². The second kappa shape index (κ2) is 5.91. The first-order valence-electron chi connectivity index (χ1n) is 8.57. The van der Waals surface area contributed by atoms with Crippen molar-refractivity contribution in [3.63, 3.8) is 0 Å². The fraction of sp³-hybridized carbons (Fsp3) is 0.389. The van der Waals surface area contributed by atoms with Crippen molar-refractivity contribution in [2.24, 2.45) is 0 Å². The van der Waals surface area contributed by atoms with Gasteiger partial charge in [0.1, 0.15) is 11.4 Å². The van der Waals surface area contributed by atoms with Crippen molar-refractivity contribution in [2.75, 3.05) is 41.0 Å². The average molecular weight is 338 g/mol. The first kappa shape index (κ1) is 15.7. The molecule has 1 saturated heterocycles. The predicted molar refractivity (Wildman–Crippen MR) is 99.2 cm³/mol. The Morgan fingerprint density at radius 1 is 1.16 bits per heavy atom. The maximum atomic E-state index is 12.7. The van der Waals surface area contributed by atoms with Crippen LogP contribution in [0, 0.1) is 6.92 Å². The highest BCUT2D eigenvalue weighted by atomic mass is 16.2. The lowest BCUT2D eigenvalue weighted by Gasteiger charge is -2.44. The molecule has 0 saturated carbocycles. The lowest BCUT2D eigenvalue weighted by molar-refractivity contribution is -0.121. The largest absolute Gasteiger partial charge is 0.373 e. The Morgan fingerprint density at radius 3 is 2.60 bits per heavy atom. The van der Waals surface area contributed by atoms with Gasteiger partial charge in [-0.1, -0.05) is 12.1 Å². The second-order valence-electron chi connectivity index (χ2n) is 6.64. The average Bonchev–Trinajstić information content (AvgIpc) is 2.63. The molecule has 2 aliphatic rings. The molecular formula is C18H22N6O. The smallest absolute Gasteiger partial charge is 0.250 e. The van der Waals surface area contributed by atoms with Gasteiger partial charge < -0.3 is 20.9 Å². The zero-order chi connectivity index (χ0) is 17.4. The second-order valence-corrected chi connectivity index (χ2v) is 6.64. The Morgan fingerprint density at radius 2 is 1.88 bits per heavy atom. The van der Waals surface area contributed by atoms with Crippen LogP contribution in [0.25, 0.3) is 0 Å². The van der Waals surface area contributed by atoms with Crippen molar-refractivity contribution in [3.05, 3.63) is 36.0 Å². The highest BCUT2D eigenvalue weighted by Crippen LogP contribution is 2.36. The van der Waals surface area contributed by atoms with E-state index in [0.717, 1.165) is 41.9 Å². The van der Waals surface area contributed by atoms with Crippen LogP contribution < -0.4 is 20.9 Å². The molecular weight excluding hydrogens is 316 g/mol. The van der Waals surface area contributed by atoms with Crippen molar-refractivity contribution in [2.45, 2.75) is 25.3 Å². The molecule has 3 heterocycles. The van der Waals surface area contributed by atoms with Crippen LogP contribution in [0.3, 0.4) is 0 Å². The normalized spacial score (nSPS) is 18.3. The minimum Gasteiger partial charge on any atom is -0.373 e. The van der Waals surface area contributed by atoms with Gasteiger partial charge in [-0.15, -0.1) is 0 Å². The molecule has 1 aromatic carbocycles. The lowest BCUT2D eigenvalue weighted by Crippen LogP contribution is -2.58. The molecule has 0 radical (unpaired) electrons. The summed E-state index contributed by atoms with van der Waals surface area (Å²) in [5.41, 5.74) is 2.21. The number of carbonyl (C=O) groups excluding carboxylic acids is 1. The van der Waals surface area contributed by atoms with Crippen LogP contribution in [0.15, 0.2) is 30.3 Å². The first-order chi connectivity index (χ1) is 12.1. The quantitative estimate of drug-likeness (QED) is 0.779. The maximum Gasteiger partial charge on any atom is 0.250 e. The topological polar surface area (TPSA) is 82.2 Å². The molecule has 0 atom stereocenters. The SMILES string of the molecule is CNc1cc(C)nc(N2CCC3(CC2)Nc2ccccc2NC3=O)n1. The third kappa shape index (κ3) is 2.75. The summed E-state index contributed by atoms with van der Waals surface area (Å²) in [4.78, 5) is 23.9.